The maximum absolute atomic E-state index is 8.80. The lowest BCUT2D eigenvalue weighted by Crippen LogP contribution is -2.28. The van der Waals surface area contributed by atoms with Crippen LogP contribution in [-0.4, -0.2) is 39.8 Å². The SMILES string of the molecule is Cc1ccc(C(=N)c2cc(-c3cccnc3)ncc2N)nc1N1CCC[C@@H](N)CC1. The Morgan fingerprint density at radius 2 is 2.03 bits per heavy atom. The average molecular weight is 402 g/mol. The van der Waals surface area contributed by atoms with Crippen LogP contribution < -0.4 is 16.4 Å². The zero-order chi connectivity index (χ0) is 21.1. The first-order chi connectivity index (χ1) is 14.5. The molecule has 7 nitrogen and oxygen atoms in total. The van der Waals surface area contributed by atoms with Gasteiger partial charge in [-0.15, -0.1) is 0 Å². The minimum absolute atomic E-state index is 0.249. The lowest BCUT2D eigenvalue weighted by molar-refractivity contribution is 0.601. The van der Waals surface area contributed by atoms with Gasteiger partial charge in [-0.3, -0.25) is 15.4 Å². The topological polar surface area (TPSA) is 118 Å². The van der Waals surface area contributed by atoms with E-state index >= 15 is 0 Å². The van der Waals surface area contributed by atoms with Gasteiger partial charge in [0.25, 0.3) is 0 Å². The number of aromatic nitrogens is 3. The zero-order valence-electron chi connectivity index (χ0n) is 17.2. The molecule has 0 amide bonds. The molecule has 7 heteroatoms. The quantitative estimate of drug-likeness (QED) is 0.578. The summed E-state index contributed by atoms with van der Waals surface area (Å²) in [5, 5.41) is 8.80. The molecule has 0 bridgehead atoms. The number of hydrogen-bond acceptors (Lipinski definition) is 7. The molecule has 0 aliphatic carbocycles. The Balaban J connectivity index is 1.67. The van der Waals surface area contributed by atoms with Gasteiger partial charge in [0.15, 0.2) is 0 Å². The molecule has 1 fully saturated rings. The Labute approximate surface area is 176 Å². The highest BCUT2D eigenvalue weighted by Crippen LogP contribution is 2.25. The first-order valence-electron chi connectivity index (χ1n) is 10.3. The molecule has 4 rings (SSSR count). The van der Waals surface area contributed by atoms with Crippen molar-refractivity contribution < 1.29 is 0 Å². The highest BCUT2D eigenvalue weighted by molar-refractivity contribution is 6.13. The molecule has 3 aromatic heterocycles. The molecule has 0 aromatic carbocycles. The Morgan fingerprint density at radius 3 is 2.83 bits per heavy atom. The van der Waals surface area contributed by atoms with E-state index in [1.54, 1.807) is 18.6 Å². The van der Waals surface area contributed by atoms with Crippen LogP contribution in [0.3, 0.4) is 0 Å². The Hall–Kier alpha value is -3.32. The zero-order valence-corrected chi connectivity index (χ0v) is 17.2. The van der Waals surface area contributed by atoms with Gasteiger partial charge in [-0.1, -0.05) is 6.07 Å². The van der Waals surface area contributed by atoms with E-state index < -0.39 is 0 Å². The minimum atomic E-state index is 0.249. The number of nitrogen functional groups attached to an aromatic ring is 1. The Bertz CT molecular complexity index is 1050. The van der Waals surface area contributed by atoms with Crippen molar-refractivity contribution in [3.63, 3.8) is 0 Å². The third kappa shape index (κ3) is 4.16. The van der Waals surface area contributed by atoms with Gasteiger partial charge in [0, 0.05) is 42.7 Å². The minimum Gasteiger partial charge on any atom is -0.397 e. The van der Waals surface area contributed by atoms with Crippen molar-refractivity contribution in [3.05, 3.63) is 65.7 Å². The molecule has 5 N–H and O–H groups in total. The molecule has 1 atom stereocenters. The molecule has 0 spiro atoms. The summed E-state index contributed by atoms with van der Waals surface area (Å²) in [6.45, 7) is 3.87. The smallest absolute Gasteiger partial charge is 0.132 e. The summed E-state index contributed by atoms with van der Waals surface area (Å²) in [7, 11) is 0. The monoisotopic (exact) mass is 401 g/mol. The summed E-state index contributed by atoms with van der Waals surface area (Å²) in [4.78, 5) is 15.7. The summed E-state index contributed by atoms with van der Waals surface area (Å²) < 4.78 is 0. The van der Waals surface area contributed by atoms with E-state index in [1.807, 2.05) is 30.3 Å². The largest absolute Gasteiger partial charge is 0.397 e. The number of nitrogens with zero attached hydrogens (tertiary/aromatic N) is 4. The summed E-state index contributed by atoms with van der Waals surface area (Å²) in [5.41, 5.74) is 17.0. The molecular weight excluding hydrogens is 374 g/mol. The molecular formula is C23H27N7. The van der Waals surface area contributed by atoms with Crippen molar-refractivity contribution in [1.29, 1.82) is 5.41 Å². The fourth-order valence-electron chi connectivity index (χ4n) is 3.80. The summed E-state index contributed by atoms with van der Waals surface area (Å²) in [6.07, 6.45) is 8.10. The van der Waals surface area contributed by atoms with Crippen LogP contribution in [0.1, 0.15) is 36.1 Å². The molecule has 30 heavy (non-hydrogen) atoms. The lowest BCUT2D eigenvalue weighted by atomic mass is 10.0. The predicted molar refractivity (Wildman–Crippen MR) is 121 cm³/mol. The molecule has 154 valence electrons. The molecule has 0 unspecified atom stereocenters. The predicted octanol–water partition coefficient (Wildman–Crippen LogP) is 3.16. The van der Waals surface area contributed by atoms with Crippen LogP contribution in [0.4, 0.5) is 11.5 Å². The fourth-order valence-corrected chi connectivity index (χ4v) is 3.80. The van der Waals surface area contributed by atoms with Crippen LogP contribution in [0.15, 0.2) is 48.9 Å². The summed E-state index contributed by atoms with van der Waals surface area (Å²) >= 11 is 0. The first kappa shape index (κ1) is 20.0. The van der Waals surface area contributed by atoms with Gasteiger partial charge in [-0.2, -0.15) is 0 Å². The van der Waals surface area contributed by atoms with E-state index in [0.717, 1.165) is 55.0 Å². The van der Waals surface area contributed by atoms with E-state index in [4.69, 9.17) is 21.9 Å². The van der Waals surface area contributed by atoms with Crippen molar-refractivity contribution in [2.75, 3.05) is 23.7 Å². The molecule has 1 aliphatic heterocycles. The standard InChI is InChI=1S/C23H27N7/c1-15-6-7-20(29-23(15)30-10-3-5-17(24)8-11-30)22(26)18-12-21(28-14-19(18)25)16-4-2-9-27-13-16/h2,4,6-7,9,12-14,17,26H,3,5,8,10-11,24-25H2,1H3/t17-/m1/s1. The van der Waals surface area contributed by atoms with Crippen LogP contribution in [0.5, 0.6) is 0 Å². The molecule has 1 aliphatic rings. The van der Waals surface area contributed by atoms with Crippen molar-refractivity contribution in [2.45, 2.75) is 32.2 Å². The van der Waals surface area contributed by atoms with Gasteiger partial charge in [-0.05, 0) is 56.0 Å². The maximum Gasteiger partial charge on any atom is 0.132 e. The number of anilines is 2. The third-order valence-electron chi connectivity index (χ3n) is 5.56. The lowest BCUT2D eigenvalue weighted by Gasteiger charge is -2.24. The first-order valence-corrected chi connectivity index (χ1v) is 10.3. The van der Waals surface area contributed by atoms with Gasteiger partial charge in [0.05, 0.1) is 29.0 Å². The second-order valence-electron chi connectivity index (χ2n) is 7.79. The Morgan fingerprint density at radius 1 is 1.17 bits per heavy atom. The average Bonchev–Trinajstić information content (AvgIpc) is 2.99. The van der Waals surface area contributed by atoms with Crippen LogP contribution in [0.25, 0.3) is 11.3 Å². The molecule has 0 radical (unpaired) electrons. The van der Waals surface area contributed by atoms with Crippen molar-refractivity contribution in [3.8, 4) is 11.3 Å². The second-order valence-corrected chi connectivity index (χ2v) is 7.79. The van der Waals surface area contributed by atoms with Gasteiger partial charge < -0.3 is 16.4 Å². The van der Waals surface area contributed by atoms with E-state index in [1.165, 1.54) is 0 Å². The van der Waals surface area contributed by atoms with Gasteiger partial charge in [0.1, 0.15) is 5.82 Å². The number of pyridine rings is 3. The molecule has 1 saturated heterocycles. The number of nitrogens with one attached hydrogen (secondary N) is 1. The van der Waals surface area contributed by atoms with E-state index in [0.29, 0.717) is 16.9 Å². The second kappa shape index (κ2) is 8.59. The summed E-state index contributed by atoms with van der Waals surface area (Å²) in [6, 6.07) is 9.79. The van der Waals surface area contributed by atoms with Gasteiger partial charge >= 0.3 is 0 Å². The van der Waals surface area contributed by atoms with E-state index in [2.05, 4.69) is 21.8 Å². The number of rotatable bonds is 4. The maximum atomic E-state index is 8.80. The summed E-state index contributed by atoms with van der Waals surface area (Å²) in [5.74, 6) is 0.923. The number of aryl methyl sites for hydroxylation is 1. The number of hydrogen-bond donors (Lipinski definition) is 3. The number of nitrogens with two attached hydrogens (primary N) is 2. The highest BCUT2D eigenvalue weighted by Gasteiger charge is 2.19. The highest BCUT2D eigenvalue weighted by atomic mass is 15.2. The Kier molecular flexibility index (Phi) is 5.72. The van der Waals surface area contributed by atoms with Crippen molar-refractivity contribution in [1.82, 2.24) is 15.0 Å². The van der Waals surface area contributed by atoms with Crippen LogP contribution in [0, 0.1) is 12.3 Å². The van der Waals surface area contributed by atoms with E-state index in [-0.39, 0.29) is 11.8 Å². The van der Waals surface area contributed by atoms with E-state index in [9.17, 15) is 0 Å². The fraction of sp³-hybridized carbons (Fsp3) is 0.304. The van der Waals surface area contributed by atoms with Crippen LogP contribution in [0.2, 0.25) is 0 Å². The van der Waals surface area contributed by atoms with Crippen LogP contribution in [-0.2, 0) is 0 Å². The molecule has 3 aromatic rings. The normalized spacial score (nSPS) is 16.9. The molecule has 4 heterocycles. The third-order valence-corrected chi connectivity index (χ3v) is 5.56. The van der Waals surface area contributed by atoms with Gasteiger partial charge in [-0.25, -0.2) is 4.98 Å². The van der Waals surface area contributed by atoms with Crippen LogP contribution >= 0.6 is 0 Å². The molecule has 0 saturated carbocycles. The van der Waals surface area contributed by atoms with Crippen molar-refractivity contribution in [2.24, 2.45) is 5.73 Å². The van der Waals surface area contributed by atoms with Crippen molar-refractivity contribution >= 4 is 17.2 Å². The van der Waals surface area contributed by atoms with Gasteiger partial charge in [0.2, 0.25) is 0 Å².